The van der Waals surface area contributed by atoms with Crippen molar-refractivity contribution in [3.05, 3.63) is 78.1 Å². The topological polar surface area (TPSA) is 94.5 Å². The minimum atomic E-state index is -3.82. The number of ether oxygens (including phenoxy) is 2. The maximum absolute atomic E-state index is 13.7. The molecule has 1 aliphatic rings. The molecule has 1 atom stereocenters. The maximum atomic E-state index is 13.7. The second kappa shape index (κ2) is 10.1. The smallest absolute Gasteiger partial charge is 0.245 e. The molecular formula is C24H24N4O4S2. The number of aromatic nitrogens is 3. The van der Waals surface area contributed by atoms with Crippen molar-refractivity contribution < 1.29 is 17.9 Å². The van der Waals surface area contributed by atoms with Gasteiger partial charge in [-0.1, -0.05) is 24.3 Å². The molecule has 2 aromatic carbocycles. The molecule has 2 aromatic heterocycles. The van der Waals surface area contributed by atoms with Gasteiger partial charge in [0, 0.05) is 37.7 Å². The van der Waals surface area contributed by atoms with Crippen LogP contribution in [0.4, 0.5) is 0 Å². The van der Waals surface area contributed by atoms with Crippen LogP contribution in [0, 0.1) is 0 Å². The maximum Gasteiger partial charge on any atom is 0.245 e. The van der Waals surface area contributed by atoms with Crippen LogP contribution in [0.5, 0.6) is 5.75 Å². The Hall–Kier alpha value is -2.92. The van der Waals surface area contributed by atoms with E-state index in [1.165, 1.54) is 4.31 Å². The lowest BCUT2D eigenvalue weighted by molar-refractivity contribution is 0.0926. The quantitative estimate of drug-likeness (QED) is 0.345. The van der Waals surface area contributed by atoms with Gasteiger partial charge in [-0.3, -0.25) is 4.98 Å². The normalized spacial score (nSPS) is 16.3. The number of hydrogen-bond donors (Lipinski definition) is 0. The highest BCUT2D eigenvalue weighted by Gasteiger charge is 2.31. The van der Waals surface area contributed by atoms with Crippen LogP contribution < -0.4 is 4.74 Å². The van der Waals surface area contributed by atoms with Gasteiger partial charge in [0.05, 0.1) is 17.8 Å². The molecule has 0 unspecified atom stereocenters. The van der Waals surface area contributed by atoms with Gasteiger partial charge in [0.2, 0.25) is 10.0 Å². The fraction of sp³-hybridized carbons (Fsp3) is 0.292. The fourth-order valence-electron chi connectivity index (χ4n) is 3.94. The standard InChI is InChI=1S/C24H24N4O4S2/c29-34(30,23-7-1-6-22-24(23)27-33-26-22)28(16-21-5-3-13-31-21)15-18-8-10-20(11-9-18)32-17-19-4-2-12-25-14-19/h1-2,4,6-12,14,21H,3,5,13,15-17H2/t21-/m1/s1. The average Bonchev–Trinajstić information content (AvgIpc) is 3.55. The first kappa shape index (κ1) is 22.9. The highest BCUT2D eigenvalue weighted by Crippen LogP contribution is 2.27. The molecule has 1 aliphatic heterocycles. The molecule has 8 nitrogen and oxygen atoms in total. The highest BCUT2D eigenvalue weighted by atomic mass is 32.2. The lowest BCUT2D eigenvalue weighted by atomic mass is 10.2. The van der Waals surface area contributed by atoms with E-state index in [9.17, 15) is 8.42 Å². The van der Waals surface area contributed by atoms with Gasteiger partial charge >= 0.3 is 0 Å². The molecule has 3 heterocycles. The fourth-order valence-corrected chi connectivity index (χ4v) is 6.15. The minimum absolute atomic E-state index is 0.121. The van der Waals surface area contributed by atoms with Crippen LogP contribution in [-0.2, 0) is 27.9 Å². The lowest BCUT2D eigenvalue weighted by Crippen LogP contribution is -2.37. The van der Waals surface area contributed by atoms with Gasteiger partial charge in [-0.2, -0.15) is 13.1 Å². The third kappa shape index (κ3) is 5.10. The van der Waals surface area contributed by atoms with Gasteiger partial charge in [0.25, 0.3) is 0 Å². The zero-order valence-electron chi connectivity index (χ0n) is 18.4. The van der Waals surface area contributed by atoms with E-state index >= 15 is 0 Å². The van der Waals surface area contributed by atoms with E-state index in [2.05, 4.69) is 13.7 Å². The number of sulfonamides is 1. The SMILES string of the molecule is O=S(=O)(c1cccc2nsnc12)N(Cc1ccc(OCc2cccnc2)cc1)C[C@H]1CCCO1. The lowest BCUT2D eigenvalue weighted by Gasteiger charge is -2.25. The molecule has 1 fully saturated rings. The Morgan fingerprint density at radius 2 is 1.94 bits per heavy atom. The Bertz CT molecular complexity index is 1340. The van der Waals surface area contributed by atoms with E-state index in [0.29, 0.717) is 30.0 Å². The van der Waals surface area contributed by atoms with E-state index < -0.39 is 10.0 Å². The molecule has 0 N–H and O–H groups in total. The first-order valence-corrected chi connectivity index (χ1v) is 13.2. The van der Waals surface area contributed by atoms with Gasteiger partial charge in [0.15, 0.2) is 0 Å². The summed E-state index contributed by atoms with van der Waals surface area (Å²) < 4.78 is 49.0. The third-order valence-electron chi connectivity index (χ3n) is 5.71. The molecule has 0 amide bonds. The highest BCUT2D eigenvalue weighted by molar-refractivity contribution is 7.89. The molecule has 176 valence electrons. The van der Waals surface area contributed by atoms with Crippen LogP contribution in [-0.4, -0.2) is 45.7 Å². The summed E-state index contributed by atoms with van der Waals surface area (Å²) >= 11 is 1.01. The summed E-state index contributed by atoms with van der Waals surface area (Å²) in [6.07, 6.45) is 5.15. The van der Waals surface area contributed by atoms with Gasteiger partial charge in [0.1, 0.15) is 28.3 Å². The first-order chi connectivity index (χ1) is 16.6. The Morgan fingerprint density at radius 3 is 2.71 bits per heavy atom. The Morgan fingerprint density at radius 1 is 1.06 bits per heavy atom. The summed E-state index contributed by atoms with van der Waals surface area (Å²) in [5, 5.41) is 0. The second-order valence-electron chi connectivity index (χ2n) is 8.11. The van der Waals surface area contributed by atoms with Crippen LogP contribution in [0.1, 0.15) is 24.0 Å². The number of nitrogens with zero attached hydrogens (tertiary/aromatic N) is 4. The summed E-state index contributed by atoms with van der Waals surface area (Å²) in [7, 11) is -3.82. The molecule has 1 saturated heterocycles. The summed E-state index contributed by atoms with van der Waals surface area (Å²) in [5.74, 6) is 0.708. The van der Waals surface area contributed by atoms with Crippen LogP contribution in [0.2, 0.25) is 0 Å². The molecule has 4 aromatic rings. The summed E-state index contributed by atoms with van der Waals surface area (Å²) in [6, 6.07) is 16.4. The largest absolute Gasteiger partial charge is 0.489 e. The summed E-state index contributed by atoms with van der Waals surface area (Å²) in [5.41, 5.74) is 2.83. The zero-order valence-corrected chi connectivity index (χ0v) is 20.0. The van der Waals surface area contributed by atoms with Crippen LogP contribution in [0.3, 0.4) is 0 Å². The van der Waals surface area contributed by atoms with Crippen molar-refractivity contribution in [1.29, 1.82) is 0 Å². The van der Waals surface area contributed by atoms with Crippen molar-refractivity contribution in [2.75, 3.05) is 13.2 Å². The predicted octanol–water partition coefficient (Wildman–Crippen LogP) is 4.04. The Kier molecular flexibility index (Phi) is 6.82. The summed E-state index contributed by atoms with van der Waals surface area (Å²) in [4.78, 5) is 4.26. The molecule has 0 spiro atoms. The second-order valence-corrected chi connectivity index (χ2v) is 10.5. The number of fused-ring (bicyclic) bond motifs is 1. The molecule has 0 radical (unpaired) electrons. The monoisotopic (exact) mass is 496 g/mol. The van der Waals surface area contributed by atoms with Gasteiger partial charge in [-0.05, 0) is 48.7 Å². The number of benzene rings is 2. The van der Waals surface area contributed by atoms with Crippen molar-refractivity contribution in [2.45, 2.75) is 37.0 Å². The van der Waals surface area contributed by atoms with Crippen molar-refractivity contribution in [1.82, 2.24) is 18.0 Å². The predicted molar refractivity (Wildman–Crippen MR) is 129 cm³/mol. The Balaban J connectivity index is 1.36. The molecular weight excluding hydrogens is 472 g/mol. The zero-order chi connectivity index (χ0) is 23.4. The first-order valence-electron chi connectivity index (χ1n) is 11.0. The summed E-state index contributed by atoms with van der Waals surface area (Å²) in [6.45, 7) is 1.58. The Labute approximate surface area is 202 Å². The van der Waals surface area contributed by atoms with Crippen molar-refractivity contribution in [3.8, 4) is 5.75 Å². The van der Waals surface area contributed by atoms with Gasteiger partial charge in [-0.25, -0.2) is 8.42 Å². The molecule has 0 bridgehead atoms. The van der Waals surface area contributed by atoms with E-state index in [1.807, 2.05) is 36.4 Å². The molecule has 34 heavy (non-hydrogen) atoms. The number of pyridine rings is 1. The van der Waals surface area contributed by atoms with Crippen LogP contribution >= 0.6 is 11.7 Å². The molecule has 5 rings (SSSR count). The molecule has 0 saturated carbocycles. The van der Waals surface area contributed by atoms with Crippen LogP contribution in [0.25, 0.3) is 11.0 Å². The van der Waals surface area contributed by atoms with E-state index in [-0.39, 0.29) is 24.1 Å². The van der Waals surface area contributed by atoms with E-state index in [4.69, 9.17) is 9.47 Å². The molecule has 10 heteroatoms. The molecule has 0 aliphatic carbocycles. The van der Waals surface area contributed by atoms with Crippen LogP contribution in [0.15, 0.2) is 71.9 Å². The third-order valence-corrected chi connectivity index (χ3v) is 8.09. The van der Waals surface area contributed by atoms with Crippen molar-refractivity contribution >= 4 is 32.8 Å². The average molecular weight is 497 g/mol. The van der Waals surface area contributed by atoms with Gasteiger partial charge in [-0.15, -0.1) is 0 Å². The van der Waals surface area contributed by atoms with Crippen molar-refractivity contribution in [2.24, 2.45) is 0 Å². The minimum Gasteiger partial charge on any atom is -0.489 e. The van der Waals surface area contributed by atoms with Crippen molar-refractivity contribution in [3.63, 3.8) is 0 Å². The number of rotatable bonds is 9. The van der Waals surface area contributed by atoms with E-state index in [1.54, 1.807) is 30.6 Å². The van der Waals surface area contributed by atoms with Gasteiger partial charge < -0.3 is 9.47 Å². The number of hydrogen-bond acceptors (Lipinski definition) is 8. The van der Waals surface area contributed by atoms with E-state index in [0.717, 1.165) is 35.7 Å².